The minimum absolute atomic E-state index is 0.0101. The number of hydrogen-bond donors (Lipinski definition) is 2. The van der Waals surface area contributed by atoms with Crippen LogP contribution in [0.4, 0.5) is 0 Å². The molecule has 0 aliphatic carbocycles. The Morgan fingerprint density at radius 1 is 0.265 bits per heavy atom. The van der Waals surface area contributed by atoms with Crippen LogP contribution in [0.25, 0.3) is 0 Å². The van der Waals surface area contributed by atoms with Crippen LogP contribution >= 0.6 is 0 Å². The number of aliphatic hydroxyl groups is 2. The number of hydrogen-bond acceptors (Lipinski definition) is 20. The van der Waals surface area contributed by atoms with Crippen LogP contribution in [0.3, 0.4) is 0 Å². The van der Waals surface area contributed by atoms with Crippen LogP contribution < -0.4 is 0 Å². The van der Waals surface area contributed by atoms with E-state index in [0.717, 1.165) is 164 Å². The summed E-state index contributed by atoms with van der Waals surface area (Å²) in [4.78, 5) is 21.1. The first kappa shape index (κ1) is 96.9. The van der Waals surface area contributed by atoms with Gasteiger partial charge in [-0.25, -0.2) is 0 Å². The first-order chi connectivity index (χ1) is 45.8. The summed E-state index contributed by atoms with van der Waals surface area (Å²) in [7, 11) is 34.7. The summed E-state index contributed by atoms with van der Waals surface area (Å²) in [5, 5.41) is 89.7. The van der Waals surface area contributed by atoms with Gasteiger partial charge in [0.25, 0.3) is 0 Å². The summed E-state index contributed by atoms with van der Waals surface area (Å²) in [6.07, 6.45) is 3.03. The Bertz CT molecular complexity index is 1880. The van der Waals surface area contributed by atoms with Crippen molar-refractivity contribution >= 4 is 0 Å². The van der Waals surface area contributed by atoms with Crippen LogP contribution in [-0.2, 0) is 18.9 Å². The second-order valence-corrected chi connectivity index (χ2v) is 32.1. The highest BCUT2D eigenvalue weighted by atomic mass is 16.6. The molecular weight excluding hydrogens is 1250 g/mol. The smallest absolute Gasteiger partial charge is 0.129 e. The Hall–Kier alpha value is -1.12. The maximum Gasteiger partial charge on any atom is 0.129 e. The highest BCUT2D eigenvalue weighted by molar-refractivity contribution is 4.69. The largest absolute Gasteiger partial charge is 0.633 e. The van der Waals surface area contributed by atoms with Crippen LogP contribution in [0.15, 0.2) is 0 Å². The molecule has 28 heteroatoms. The summed E-state index contributed by atoms with van der Waals surface area (Å²) < 4.78 is 22.2. The Balaban J connectivity index is 7.16. The molecule has 0 aliphatic rings. The fraction of sp³-hybridized carbons (Fsp3) is 1.00. The maximum atomic E-state index is 15.5. The van der Waals surface area contributed by atoms with Gasteiger partial charge in [0, 0.05) is 124 Å². The molecule has 0 aromatic heterocycles. The molecule has 5 atom stereocenters. The Labute approximate surface area is 601 Å². The predicted octanol–water partition coefficient (Wildman–Crippen LogP) is 0.715. The maximum absolute atomic E-state index is 15.5. The molecule has 5 unspecified atom stereocenters. The van der Waals surface area contributed by atoms with E-state index in [1.54, 1.807) is 35.2 Å². The van der Waals surface area contributed by atoms with Crippen LogP contribution in [0.1, 0.15) is 40.0 Å². The van der Waals surface area contributed by atoms with Gasteiger partial charge in [0.05, 0.1) is 209 Å². The zero-order valence-electron chi connectivity index (χ0n) is 67.5. The van der Waals surface area contributed by atoms with Gasteiger partial charge in [-0.1, -0.05) is 20.8 Å². The Kier molecular flexibility index (Phi) is 52.2. The molecule has 0 radical (unpaired) electrons. The lowest BCUT2D eigenvalue weighted by Gasteiger charge is -2.50. The molecule has 0 heterocycles. The molecule has 28 nitrogen and oxygen atoms in total. The molecular formula is C70H162N17O11+3. The van der Waals surface area contributed by atoms with Crippen molar-refractivity contribution in [3.8, 4) is 0 Å². The highest BCUT2D eigenvalue weighted by Crippen LogP contribution is 2.15. The van der Waals surface area contributed by atoms with E-state index in [-0.39, 0.29) is 63.7 Å². The van der Waals surface area contributed by atoms with Crippen molar-refractivity contribution in [3.63, 3.8) is 0 Å². The van der Waals surface area contributed by atoms with Gasteiger partial charge >= 0.3 is 0 Å². The van der Waals surface area contributed by atoms with Crippen LogP contribution in [0.5, 0.6) is 0 Å². The Morgan fingerprint density at radius 3 is 1.05 bits per heavy atom. The number of hydroxylamine groups is 15. The number of quaternary nitrogens is 8. The lowest BCUT2D eigenvalue weighted by Crippen LogP contribution is -2.59. The predicted molar refractivity (Wildman–Crippen MR) is 405 cm³/mol. The van der Waals surface area contributed by atoms with Gasteiger partial charge in [-0.05, 0) is 75.1 Å². The molecule has 2 N–H and O–H groups in total. The molecule has 0 aromatic rings. The van der Waals surface area contributed by atoms with E-state index in [4.69, 9.17) is 29.2 Å². The molecule has 0 aliphatic heterocycles. The van der Waals surface area contributed by atoms with Crippen molar-refractivity contribution < 1.29 is 65.8 Å². The van der Waals surface area contributed by atoms with Gasteiger partial charge in [0.15, 0.2) is 0 Å². The number of nitrogens with zero attached hydrogens (tertiary/aromatic N) is 17. The van der Waals surface area contributed by atoms with E-state index >= 15 is 10.4 Å². The lowest BCUT2D eigenvalue weighted by molar-refractivity contribution is -0.962. The third kappa shape index (κ3) is 55.4. The summed E-state index contributed by atoms with van der Waals surface area (Å²) >= 11 is 0. The second kappa shape index (κ2) is 52.8. The van der Waals surface area contributed by atoms with E-state index in [1.165, 1.54) is 0 Å². The minimum Gasteiger partial charge on any atom is -0.633 e. The fourth-order valence-electron chi connectivity index (χ4n) is 11.6. The zero-order chi connectivity index (χ0) is 74.4. The van der Waals surface area contributed by atoms with Gasteiger partial charge in [0.2, 0.25) is 0 Å². The molecule has 0 rings (SSSR count). The SMILES string of the molecule is CCCN(CCN(C)CCOCCOCCO)CC[N+]([O-])(CC[N+](C)([O-])CCN(CCN(CC[N+](C)(C)CCN(C)CC[N+](C)(C)[O-])CC[N+](C)(CCC)CCN(CCN(C)C)CCN(C)C)CC[N+](C)([O-])CCN(C)CCOCCOCCO)CC[N+](C)([O-])CC[N+](C)(C)CCC. The third-order valence-electron chi connectivity index (χ3n) is 19.6. The van der Waals surface area contributed by atoms with E-state index in [9.17, 15) is 15.6 Å². The van der Waals surface area contributed by atoms with Gasteiger partial charge in [-0.2, -0.15) is 0 Å². The van der Waals surface area contributed by atoms with E-state index < -0.39 is 18.6 Å². The van der Waals surface area contributed by atoms with Crippen LogP contribution in [0.2, 0.25) is 0 Å². The van der Waals surface area contributed by atoms with Crippen molar-refractivity contribution in [3.05, 3.63) is 26.0 Å². The van der Waals surface area contributed by atoms with Crippen LogP contribution in [0, 0.1) is 26.0 Å². The first-order valence-electron chi connectivity index (χ1n) is 37.8. The average molecular weight is 1420 g/mol. The van der Waals surface area contributed by atoms with Gasteiger partial charge in [-0.15, -0.1) is 0 Å². The molecule has 0 bridgehead atoms. The average Bonchev–Trinajstić information content (AvgIpc) is 0.866. The van der Waals surface area contributed by atoms with Crippen molar-refractivity contribution in [2.24, 2.45) is 0 Å². The Morgan fingerprint density at radius 2 is 0.592 bits per heavy atom. The standard InChI is InChI=1S/C70H162N17O11/c1-21-24-76(30-27-73(8)42-63-95-67-69-97-65-61-88)41-54-87(94,60-58-86(20,93)56-55-80(11,12)44-22-2)59-57-85(19,92)53-40-79(39-52-84(18,91)51-35-75(10)43-64-96-68-70-98-66-62-89)32-31-78(36-47-81(13,14)46-33-74(9)34-48-82(15,16)90)38-50-83(17,45-23-3)49-37-77(28-25-71(4)5)29-26-72(6)7/h88-89H,21-70H2,1-20H3/q+3. The second-order valence-electron chi connectivity index (χ2n) is 32.1. The molecule has 0 aromatic carbocycles. The van der Waals surface area contributed by atoms with Crippen LogP contribution in [-0.4, -0.2) is 519 Å². The molecule has 0 saturated heterocycles. The first-order valence-corrected chi connectivity index (χ1v) is 37.8. The van der Waals surface area contributed by atoms with Crippen molar-refractivity contribution in [2.75, 3.05) is 428 Å². The number of likely N-dealkylation sites (N-methyl/N-ethyl adjacent to an activating group) is 12. The molecule has 590 valence electrons. The molecule has 0 amide bonds. The van der Waals surface area contributed by atoms with E-state index in [0.29, 0.717) is 118 Å². The quantitative estimate of drug-likeness (QED) is 0.0487. The third-order valence-corrected chi connectivity index (χ3v) is 19.6. The van der Waals surface area contributed by atoms with E-state index in [2.05, 4.69) is 142 Å². The molecule has 0 fully saturated rings. The van der Waals surface area contributed by atoms with Crippen molar-refractivity contribution in [2.45, 2.75) is 40.0 Å². The highest BCUT2D eigenvalue weighted by Gasteiger charge is 2.30. The summed E-state index contributed by atoms with van der Waals surface area (Å²) in [5.41, 5.74) is 0. The summed E-state index contributed by atoms with van der Waals surface area (Å²) in [5.74, 6) is 0. The number of ether oxygens (including phenoxy) is 4. The van der Waals surface area contributed by atoms with Gasteiger partial charge < -0.3 is 107 Å². The van der Waals surface area contributed by atoms with Crippen molar-refractivity contribution in [1.29, 1.82) is 0 Å². The number of aliphatic hydroxyl groups excluding tert-OH is 2. The van der Waals surface area contributed by atoms with Gasteiger partial charge in [-0.3, -0.25) is 29.4 Å². The number of rotatable bonds is 70. The molecule has 0 saturated carbocycles. The molecule has 98 heavy (non-hydrogen) atoms. The molecule has 0 spiro atoms. The zero-order valence-corrected chi connectivity index (χ0v) is 67.5. The summed E-state index contributed by atoms with van der Waals surface area (Å²) in [6.45, 7) is 35.2. The normalized spacial score (nSPS) is 16.3. The monoisotopic (exact) mass is 1420 g/mol. The fourth-order valence-corrected chi connectivity index (χ4v) is 11.6. The minimum atomic E-state index is -0.617. The lowest BCUT2D eigenvalue weighted by atomic mass is 10.2. The topological polar surface area (TPSA) is 222 Å². The van der Waals surface area contributed by atoms with E-state index in [1.807, 2.05) is 7.05 Å². The van der Waals surface area contributed by atoms with Gasteiger partial charge in [0.1, 0.15) is 39.3 Å². The van der Waals surface area contributed by atoms with Crippen molar-refractivity contribution in [1.82, 2.24) is 44.1 Å². The summed E-state index contributed by atoms with van der Waals surface area (Å²) in [6, 6.07) is 0.